The van der Waals surface area contributed by atoms with Gasteiger partial charge in [0.2, 0.25) is 10.0 Å². The van der Waals surface area contributed by atoms with E-state index in [1.165, 1.54) is 7.11 Å². The molecule has 0 aromatic carbocycles. The molecule has 0 heterocycles. The Balaban J connectivity index is 2.07. The minimum absolute atomic E-state index is 0.0121. The molecule has 0 spiro atoms. The van der Waals surface area contributed by atoms with E-state index in [-0.39, 0.29) is 18.5 Å². The van der Waals surface area contributed by atoms with Crippen molar-refractivity contribution in [2.75, 3.05) is 32.6 Å². The van der Waals surface area contributed by atoms with Crippen LogP contribution in [-0.2, 0) is 19.5 Å². The average Bonchev–Trinajstić information content (AvgIpc) is 2.34. The van der Waals surface area contributed by atoms with Crippen molar-refractivity contribution >= 4 is 10.0 Å². The topological polar surface area (TPSA) is 90.7 Å². The zero-order chi connectivity index (χ0) is 13.4. The van der Waals surface area contributed by atoms with E-state index < -0.39 is 10.0 Å². The van der Waals surface area contributed by atoms with E-state index in [4.69, 9.17) is 15.2 Å². The normalized spacial score (nSPS) is 25.2. The molecule has 0 unspecified atom stereocenters. The first-order chi connectivity index (χ1) is 8.53. The van der Waals surface area contributed by atoms with E-state index in [0.717, 1.165) is 25.7 Å². The summed E-state index contributed by atoms with van der Waals surface area (Å²) in [4.78, 5) is 0. The van der Waals surface area contributed by atoms with E-state index in [9.17, 15) is 8.42 Å². The van der Waals surface area contributed by atoms with Crippen LogP contribution in [0, 0.1) is 0 Å². The summed E-state index contributed by atoms with van der Waals surface area (Å²) < 4.78 is 35.7. The summed E-state index contributed by atoms with van der Waals surface area (Å²) in [6.07, 6.45) is 4.15. The second-order valence-corrected chi connectivity index (χ2v) is 6.54. The number of hydrogen-bond donors (Lipinski definition) is 2. The van der Waals surface area contributed by atoms with E-state index in [0.29, 0.717) is 19.2 Å². The van der Waals surface area contributed by atoms with Crippen LogP contribution in [0.5, 0.6) is 0 Å². The summed E-state index contributed by atoms with van der Waals surface area (Å²) in [6, 6.07) is 0.303. The lowest BCUT2D eigenvalue weighted by Crippen LogP contribution is -2.34. The molecule has 1 aliphatic rings. The van der Waals surface area contributed by atoms with Crippen LogP contribution in [0.15, 0.2) is 0 Å². The van der Waals surface area contributed by atoms with Crippen LogP contribution in [0.25, 0.3) is 0 Å². The van der Waals surface area contributed by atoms with E-state index in [2.05, 4.69) is 4.72 Å². The molecule has 108 valence electrons. The molecule has 0 atom stereocenters. The number of sulfonamides is 1. The molecule has 0 aliphatic heterocycles. The van der Waals surface area contributed by atoms with Crippen LogP contribution < -0.4 is 10.5 Å². The average molecular weight is 280 g/mol. The molecule has 0 bridgehead atoms. The number of hydrogen-bond acceptors (Lipinski definition) is 5. The Morgan fingerprint density at radius 3 is 2.50 bits per heavy atom. The Kier molecular flexibility index (Phi) is 7.10. The van der Waals surface area contributed by atoms with Crippen molar-refractivity contribution < 1.29 is 17.9 Å². The first kappa shape index (κ1) is 15.8. The van der Waals surface area contributed by atoms with Gasteiger partial charge in [0.25, 0.3) is 0 Å². The molecular formula is C11H24N2O4S. The summed E-state index contributed by atoms with van der Waals surface area (Å²) in [5.74, 6) is -0.0121. The van der Waals surface area contributed by atoms with Crippen LogP contribution in [0.2, 0.25) is 0 Å². The fraction of sp³-hybridized carbons (Fsp3) is 1.00. The van der Waals surface area contributed by atoms with Gasteiger partial charge in [-0.25, -0.2) is 13.1 Å². The first-order valence-electron chi connectivity index (χ1n) is 6.37. The van der Waals surface area contributed by atoms with Crippen molar-refractivity contribution in [3.05, 3.63) is 0 Å². The molecule has 1 saturated carbocycles. The monoisotopic (exact) mass is 280 g/mol. The zero-order valence-corrected chi connectivity index (χ0v) is 11.7. The van der Waals surface area contributed by atoms with Crippen molar-refractivity contribution in [2.24, 2.45) is 5.73 Å². The van der Waals surface area contributed by atoms with E-state index in [1.54, 1.807) is 0 Å². The molecule has 0 radical (unpaired) electrons. The summed E-state index contributed by atoms with van der Waals surface area (Å²) in [7, 11) is -1.75. The van der Waals surface area contributed by atoms with Gasteiger partial charge in [0, 0.05) is 19.7 Å². The largest absolute Gasteiger partial charge is 0.384 e. The van der Waals surface area contributed by atoms with Gasteiger partial charge in [-0.2, -0.15) is 0 Å². The highest BCUT2D eigenvalue weighted by atomic mass is 32.2. The highest BCUT2D eigenvalue weighted by Gasteiger charge is 2.18. The van der Waals surface area contributed by atoms with Crippen molar-refractivity contribution in [1.29, 1.82) is 0 Å². The summed E-state index contributed by atoms with van der Waals surface area (Å²) in [6.45, 7) is 0.928. The van der Waals surface area contributed by atoms with Gasteiger partial charge in [-0.15, -0.1) is 0 Å². The number of nitrogens with two attached hydrogens (primary N) is 1. The summed E-state index contributed by atoms with van der Waals surface area (Å²) in [5.41, 5.74) is 5.80. The lowest BCUT2D eigenvalue weighted by molar-refractivity contribution is 0.0287. The van der Waals surface area contributed by atoms with Gasteiger partial charge < -0.3 is 15.2 Å². The standard InChI is InChI=1S/C11H24N2O4S/c1-16-8-9-18(14,15)13-6-7-17-11-4-2-10(12)3-5-11/h10-11,13H,2-9,12H2,1H3. The molecule has 1 rings (SSSR count). The molecule has 0 aromatic heterocycles. The maximum atomic E-state index is 11.4. The zero-order valence-electron chi connectivity index (χ0n) is 10.9. The summed E-state index contributed by atoms with van der Waals surface area (Å²) in [5, 5.41) is 0. The molecule has 6 nitrogen and oxygen atoms in total. The molecule has 18 heavy (non-hydrogen) atoms. The Hall–Kier alpha value is -0.210. The number of methoxy groups -OCH3 is 1. The second-order valence-electron chi connectivity index (χ2n) is 4.61. The molecule has 1 fully saturated rings. The third-order valence-electron chi connectivity index (χ3n) is 3.05. The van der Waals surface area contributed by atoms with Crippen LogP contribution in [-0.4, -0.2) is 53.2 Å². The first-order valence-corrected chi connectivity index (χ1v) is 8.02. The Morgan fingerprint density at radius 1 is 1.22 bits per heavy atom. The molecule has 7 heteroatoms. The molecule has 1 aliphatic carbocycles. The minimum atomic E-state index is -3.23. The van der Waals surface area contributed by atoms with Crippen molar-refractivity contribution in [3.8, 4) is 0 Å². The lowest BCUT2D eigenvalue weighted by atomic mass is 9.94. The minimum Gasteiger partial charge on any atom is -0.384 e. The van der Waals surface area contributed by atoms with Gasteiger partial charge >= 0.3 is 0 Å². The summed E-state index contributed by atoms with van der Waals surface area (Å²) >= 11 is 0. The van der Waals surface area contributed by atoms with Crippen molar-refractivity contribution in [2.45, 2.75) is 37.8 Å². The smallest absolute Gasteiger partial charge is 0.213 e. The number of nitrogens with one attached hydrogen (secondary N) is 1. The Morgan fingerprint density at radius 2 is 1.89 bits per heavy atom. The van der Waals surface area contributed by atoms with Crippen molar-refractivity contribution in [3.63, 3.8) is 0 Å². The second kappa shape index (κ2) is 8.06. The van der Waals surface area contributed by atoms with Crippen LogP contribution in [0.4, 0.5) is 0 Å². The fourth-order valence-corrected chi connectivity index (χ4v) is 2.87. The third-order valence-corrected chi connectivity index (χ3v) is 4.40. The van der Waals surface area contributed by atoms with Crippen LogP contribution >= 0.6 is 0 Å². The van der Waals surface area contributed by atoms with Gasteiger partial charge in [-0.1, -0.05) is 0 Å². The quantitative estimate of drug-likeness (QED) is 0.603. The highest BCUT2D eigenvalue weighted by molar-refractivity contribution is 7.89. The predicted octanol–water partition coefficient (Wildman–Crippen LogP) is -0.161. The van der Waals surface area contributed by atoms with Gasteiger partial charge in [0.15, 0.2) is 0 Å². The molecule has 0 saturated heterocycles. The van der Waals surface area contributed by atoms with E-state index >= 15 is 0 Å². The van der Waals surface area contributed by atoms with Gasteiger partial charge in [-0.05, 0) is 25.7 Å². The van der Waals surface area contributed by atoms with Crippen LogP contribution in [0.3, 0.4) is 0 Å². The predicted molar refractivity (Wildman–Crippen MR) is 69.8 cm³/mol. The Bertz CT molecular complexity index is 313. The van der Waals surface area contributed by atoms with Gasteiger partial charge in [0.1, 0.15) is 0 Å². The fourth-order valence-electron chi connectivity index (χ4n) is 1.94. The molecule has 0 amide bonds. The SMILES string of the molecule is COCCS(=O)(=O)NCCOC1CCC(N)CC1. The maximum Gasteiger partial charge on any atom is 0.213 e. The van der Waals surface area contributed by atoms with Crippen LogP contribution in [0.1, 0.15) is 25.7 Å². The number of rotatable bonds is 8. The molecule has 0 aromatic rings. The lowest BCUT2D eigenvalue weighted by Gasteiger charge is -2.26. The Labute approximate surface area is 109 Å². The molecular weight excluding hydrogens is 256 g/mol. The van der Waals surface area contributed by atoms with E-state index in [1.807, 2.05) is 0 Å². The maximum absolute atomic E-state index is 11.4. The third kappa shape index (κ3) is 6.65. The number of ether oxygens (including phenoxy) is 2. The van der Waals surface area contributed by atoms with Gasteiger partial charge in [-0.3, -0.25) is 0 Å². The highest BCUT2D eigenvalue weighted by Crippen LogP contribution is 2.19. The van der Waals surface area contributed by atoms with Gasteiger partial charge in [0.05, 0.1) is 25.1 Å². The van der Waals surface area contributed by atoms with Crippen molar-refractivity contribution in [1.82, 2.24) is 4.72 Å². The molecule has 3 N–H and O–H groups in total.